The van der Waals surface area contributed by atoms with Gasteiger partial charge in [0.1, 0.15) is 0 Å². The third-order valence-corrected chi connectivity index (χ3v) is 2.22. The van der Waals surface area contributed by atoms with Gasteiger partial charge in [0.25, 0.3) is 0 Å². The van der Waals surface area contributed by atoms with E-state index in [1.54, 1.807) is 6.07 Å². The number of halogens is 1. The van der Waals surface area contributed by atoms with Gasteiger partial charge in [0.15, 0.2) is 17.2 Å². The van der Waals surface area contributed by atoms with Crippen LogP contribution >= 0.6 is 11.6 Å². The highest BCUT2D eigenvalue weighted by Gasteiger charge is 2.11. The molecule has 1 heterocycles. The Morgan fingerprint density at radius 1 is 1.33 bits per heavy atom. The zero-order valence-electron chi connectivity index (χ0n) is 7.81. The number of nitrogens with zero attached hydrogens (tertiary/aromatic N) is 1. The summed E-state index contributed by atoms with van der Waals surface area (Å²) in [4.78, 5) is 11.2. The Hall–Kier alpha value is -1.61. The Kier molecular flexibility index (Phi) is 2.83. The molecule has 0 bridgehead atoms. The minimum atomic E-state index is -0.234. The van der Waals surface area contributed by atoms with E-state index in [9.17, 15) is 4.79 Å². The molecule has 0 saturated heterocycles. The van der Waals surface area contributed by atoms with Crippen molar-refractivity contribution in [2.24, 2.45) is 0 Å². The quantitative estimate of drug-likeness (QED) is 0.591. The van der Waals surface area contributed by atoms with Crippen LogP contribution in [0.5, 0.6) is 0 Å². The highest BCUT2D eigenvalue weighted by molar-refractivity contribution is 6.30. The Balaban J connectivity index is 2.32. The lowest BCUT2D eigenvalue weighted by Crippen LogP contribution is -1.99. The summed E-state index contributed by atoms with van der Waals surface area (Å²) < 4.78 is 5.04. The topological polar surface area (TPSA) is 43.1 Å². The second kappa shape index (κ2) is 4.28. The van der Waals surface area contributed by atoms with Crippen LogP contribution in [-0.4, -0.2) is 16.8 Å². The van der Waals surface area contributed by atoms with E-state index in [4.69, 9.17) is 16.1 Å². The standard InChI is InChI=1S/C11H8ClNO2/c12-7-10(14)9-6-11(15-13-9)8-4-2-1-3-5-8/h1-6H,7H2. The van der Waals surface area contributed by atoms with Gasteiger partial charge in [-0.1, -0.05) is 35.5 Å². The van der Waals surface area contributed by atoms with E-state index in [0.717, 1.165) is 5.56 Å². The number of carbonyl (C=O) groups is 1. The van der Waals surface area contributed by atoms with Crippen LogP contribution in [-0.2, 0) is 0 Å². The normalized spacial score (nSPS) is 10.2. The zero-order valence-corrected chi connectivity index (χ0v) is 8.57. The maximum absolute atomic E-state index is 11.2. The molecule has 3 nitrogen and oxygen atoms in total. The molecule has 0 radical (unpaired) electrons. The second-order valence-corrected chi connectivity index (χ2v) is 3.27. The van der Waals surface area contributed by atoms with E-state index in [0.29, 0.717) is 5.76 Å². The molecule has 0 saturated carbocycles. The molecule has 0 unspecified atom stereocenters. The first-order valence-corrected chi connectivity index (χ1v) is 4.96. The largest absolute Gasteiger partial charge is 0.356 e. The van der Waals surface area contributed by atoms with Crippen molar-refractivity contribution < 1.29 is 9.32 Å². The van der Waals surface area contributed by atoms with Crippen LogP contribution in [0, 0.1) is 0 Å². The van der Waals surface area contributed by atoms with Crippen LogP contribution in [0.25, 0.3) is 11.3 Å². The molecule has 2 aromatic rings. The highest BCUT2D eigenvalue weighted by atomic mass is 35.5. The first kappa shape index (κ1) is 9.93. The van der Waals surface area contributed by atoms with E-state index >= 15 is 0 Å². The Labute approximate surface area is 91.6 Å². The monoisotopic (exact) mass is 221 g/mol. The Morgan fingerprint density at radius 3 is 2.73 bits per heavy atom. The summed E-state index contributed by atoms with van der Waals surface area (Å²) >= 11 is 5.41. The summed E-state index contributed by atoms with van der Waals surface area (Å²) in [5.74, 6) is 0.257. The molecule has 2 rings (SSSR count). The molecule has 0 aliphatic carbocycles. The molecule has 0 amide bonds. The minimum Gasteiger partial charge on any atom is -0.356 e. The summed E-state index contributed by atoms with van der Waals surface area (Å²) in [5, 5.41) is 3.65. The molecule has 76 valence electrons. The number of carbonyl (C=O) groups excluding carboxylic acids is 1. The molecule has 15 heavy (non-hydrogen) atoms. The minimum absolute atomic E-state index is 0.0826. The van der Waals surface area contributed by atoms with Gasteiger partial charge in [-0.25, -0.2) is 0 Å². The fraction of sp³-hybridized carbons (Fsp3) is 0.0909. The zero-order chi connectivity index (χ0) is 10.7. The molecule has 1 aromatic carbocycles. The maximum Gasteiger partial charge on any atom is 0.199 e. The summed E-state index contributed by atoms with van der Waals surface area (Å²) in [6.07, 6.45) is 0. The van der Waals surface area contributed by atoms with Gasteiger partial charge in [-0.2, -0.15) is 0 Å². The number of rotatable bonds is 3. The Morgan fingerprint density at radius 2 is 2.07 bits per heavy atom. The Bertz CT molecular complexity index is 464. The van der Waals surface area contributed by atoms with Crippen LogP contribution in [0.2, 0.25) is 0 Å². The van der Waals surface area contributed by atoms with Gasteiger partial charge >= 0.3 is 0 Å². The van der Waals surface area contributed by atoms with Gasteiger partial charge in [-0.3, -0.25) is 4.79 Å². The number of benzene rings is 1. The molecule has 0 fully saturated rings. The van der Waals surface area contributed by atoms with Crippen molar-refractivity contribution in [1.29, 1.82) is 0 Å². The fourth-order valence-corrected chi connectivity index (χ4v) is 1.35. The lowest BCUT2D eigenvalue weighted by molar-refractivity contribution is 0.101. The van der Waals surface area contributed by atoms with Crippen molar-refractivity contribution in [3.05, 3.63) is 42.1 Å². The smallest absolute Gasteiger partial charge is 0.199 e. The number of ketones is 1. The number of hydrogen-bond acceptors (Lipinski definition) is 3. The number of alkyl halides is 1. The maximum atomic E-state index is 11.2. The van der Waals surface area contributed by atoms with E-state index in [-0.39, 0.29) is 17.4 Å². The molecule has 0 atom stereocenters. The van der Waals surface area contributed by atoms with E-state index in [2.05, 4.69) is 5.16 Å². The average molecular weight is 222 g/mol. The third-order valence-electron chi connectivity index (χ3n) is 1.98. The van der Waals surface area contributed by atoms with Crippen molar-refractivity contribution in [1.82, 2.24) is 5.16 Å². The van der Waals surface area contributed by atoms with Crippen molar-refractivity contribution in [2.45, 2.75) is 0 Å². The summed E-state index contributed by atoms with van der Waals surface area (Å²) in [6.45, 7) is 0. The molecule has 1 aromatic heterocycles. The first-order chi connectivity index (χ1) is 7.31. The van der Waals surface area contributed by atoms with Gasteiger partial charge < -0.3 is 4.52 Å². The molecule has 0 aliphatic heterocycles. The summed E-state index contributed by atoms with van der Waals surface area (Å²) in [5.41, 5.74) is 1.16. The van der Waals surface area contributed by atoms with Crippen LogP contribution in [0.4, 0.5) is 0 Å². The lowest BCUT2D eigenvalue weighted by Gasteiger charge is -1.91. The molecule has 0 N–H and O–H groups in total. The van der Waals surface area contributed by atoms with E-state index in [1.165, 1.54) is 0 Å². The van der Waals surface area contributed by atoms with Gasteiger partial charge in [0, 0.05) is 11.6 Å². The molecular weight excluding hydrogens is 214 g/mol. The van der Waals surface area contributed by atoms with Crippen molar-refractivity contribution >= 4 is 17.4 Å². The number of Topliss-reactive ketones (excluding diaryl/α,β-unsaturated/α-hetero) is 1. The highest BCUT2D eigenvalue weighted by Crippen LogP contribution is 2.19. The van der Waals surface area contributed by atoms with E-state index < -0.39 is 0 Å². The first-order valence-electron chi connectivity index (χ1n) is 4.42. The van der Waals surface area contributed by atoms with Crippen LogP contribution < -0.4 is 0 Å². The molecular formula is C11H8ClNO2. The SMILES string of the molecule is O=C(CCl)c1cc(-c2ccccc2)on1. The number of aromatic nitrogens is 1. The van der Waals surface area contributed by atoms with Crippen LogP contribution in [0.1, 0.15) is 10.5 Å². The van der Waals surface area contributed by atoms with Crippen molar-refractivity contribution in [3.63, 3.8) is 0 Å². The van der Waals surface area contributed by atoms with E-state index in [1.807, 2.05) is 30.3 Å². The van der Waals surface area contributed by atoms with Crippen molar-refractivity contribution in [3.8, 4) is 11.3 Å². The predicted octanol–water partition coefficient (Wildman–Crippen LogP) is 2.76. The van der Waals surface area contributed by atoms with Gasteiger partial charge in [0.05, 0.1) is 5.88 Å². The second-order valence-electron chi connectivity index (χ2n) is 3.00. The summed E-state index contributed by atoms with van der Waals surface area (Å²) in [7, 11) is 0. The predicted molar refractivity (Wildman–Crippen MR) is 57.0 cm³/mol. The molecule has 4 heteroatoms. The van der Waals surface area contributed by atoms with Gasteiger partial charge in [-0.05, 0) is 0 Å². The fourth-order valence-electron chi connectivity index (χ4n) is 1.21. The third kappa shape index (κ3) is 2.07. The van der Waals surface area contributed by atoms with Crippen molar-refractivity contribution in [2.75, 3.05) is 5.88 Å². The van der Waals surface area contributed by atoms with Gasteiger partial charge in [0.2, 0.25) is 0 Å². The average Bonchev–Trinajstić information content (AvgIpc) is 2.78. The molecule has 0 spiro atoms. The summed E-state index contributed by atoms with van der Waals surface area (Å²) in [6, 6.07) is 11.1. The lowest BCUT2D eigenvalue weighted by atomic mass is 10.1. The molecule has 0 aliphatic rings. The van der Waals surface area contributed by atoms with Gasteiger partial charge in [-0.15, -0.1) is 11.6 Å². The number of hydrogen-bond donors (Lipinski definition) is 0. The van der Waals surface area contributed by atoms with Crippen LogP contribution in [0.3, 0.4) is 0 Å². The van der Waals surface area contributed by atoms with Crippen LogP contribution in [0.15, 0.2) is 40.9 Å².